The van der Waals surface area contributed by atoms with Crippen molar-refractivity contribution in [3.8, 4) is 11.5 Å². The molecule has 0 saturated carbocycles. The lowest BCUT2D eigenvalue weighted by molar-refractivity contribution is 0.0695. The molecule has 6 heteroatoms. The molecule has 0 amide bonds. The first-order valence-electron chi connectivity index (χ1n) is 4.63. The summed E-state index contributed by atoms with van der Waals surface area (Å²) in [6, 6.07) is 0. The lowest BCUT2D eigenvalue weighted by atomic mass is 10.2. The van der Waals surface area contributed by atoms with Crippen molar-refractivity contribution in [1.29, 1.82) is 0 Å². The van der Waals surface area contributed by atoms with Crippen molar-refractivity contribution < 1.29 is 9.90 Å². The van der Waals surface area contributed by atoms with E-state index in [0.29, 0.717) is 11.5 Å². The number of carboxylic acid groups (broad SMARTS) is 1. The fourth-order valence-electron chi connectivity index (χ4n) is 1.37. The third-order valence-corrected chi connectivity index (χ3v) is 2.26. The van der Waals surface area contributed by atoms with Crippen molar-refractivity contribution >= 4 is 5.97 Å². The molecule has 82 valence electrons. The lowest BCUT2D eigenvalue weighted by Crippen LogP contribution is -2.05. The number of rotatable bonds is 2. The topological polar surface area (TPSA) is 80.9 Å². The van der Waals surface area contributed by atoms with E-state index in [2.05, 4.69) is 15.0 Å². The summed E-state index contributed by atoms with van der Waals surface area (Å²) in [6.45, 7) is 1.64. The molecule has 1 N–H and O–H groups in total. The fraction of sp³-hybridized carbons (Fsp3) is 0.200. The second-order valence-corrected chi connectivity index (χ2v) is 3.39. The summed E-state index contributed by atoms with van der Waals surface area (Å²) >= 11 is 0. The highest BCUT2D eigenvalue weighted by Crippen LogP contribution is 2.14. The molecule has 0 unspecified atom stereocenters. The number of imidazole rings is 1. The zero-order chi connectivity index (χ0) is 11.7. The van der Waals surface area contributed by atoms with E-state index in [-0.39, 0.29) is 5.56 Å². The predicted molar refractivity (Wildman–Crippen MR) is 55.9 cm³/mol. The summed E-state index contributed by atoms with van der Waals surface area (Å²) in [5, 5.41) is 8.84. The zero-order valence-electron chi connectivity index (χ0n) is 8.88. The minimum absolute atomic E-state index is 0.117. The van der Waals surface area contributed by atoms with Crippen molar-refractivity contribution in [2.24, 2.45) is 7.05 Å². The Morgan fingerprint density at radius 3 is 2.69 bits per heavy atom. The Bertz CT molecular complexity index is 548. The van der Waals surface area contributed by atoms with E-state index in [1.165, 1.54) is 6.20 Å². The highest BCUT2D eigenvalue weighted by Gasteiger charge is 2.12. The van der Waals surface area contributed by atoms with Crippen LogP contribution in [0.5, 0.6) is 0 Å². The van der Waals surface area contributed by atoms with Crippen LogP contribution < -0.4 is 0 Å². The first kappa shape index (κ1) is 10.3. The highest BCUT2D eigenvalue weighted by atomic mass is 16.4. The summed E-state index contributed by atoms with van der Waals surface area (Å²) in [4.78, 5) is 22.9. The minimum atomic E-state index is -1.02. The number of aromatic carboxylic acids is 1. The summed E-state index contributed by atoms with van der Waals surface area (Å²) in [5.41, 5.74) is 1.31. The Morgan fingerprint density at radius 1 is 1.44 bits per heavy atom. The molecule has 0 spiro atoms. The van der Waals surface area contributed by atoms with Gasteiger partial charge in [0.1, 0.15) is 5.69 Å². The lowest BCUT2D eigenvalue weighted by Gasteiger charge is -2.03. The molecule has 0 aromatic carbocycles. The molecule has 2 aromatic rings. The van der Waals surface area contributed by atoms with Gasteiger partial charge in [0.2, 0.25) is 0 Å². The first-order chi connectivity index (χ1) is 7.59. The van der Waals surface area contributed by atoms with Gasteiger partial charge in [-0.1, -0.05) is 0 Å². The summed E-state index contributed by atoms with van der Waals surface area (Å²) in [5.74, 6) is -0.545. The van der Waals surface area contributed by atoms with E-state index in [4.69, 9.17) is 5.11 Å². The molecule has 0 radical (unpaired) electrons. The van der Waals surface area contributed by atoms with Crippen LogP contribution in [0.2, 0.25) is 0 Å². The number of carbonyl (C=O) groups is 1. The van der Waals surface area contributed by atoms with Crippen molar-refractivity contribution in [2.45, 2.75) is 6.92 Å². The minimum Gasteiger partial charge on any atom is -0.478 e. The Labute approximate surface area is 91.6 Å². The zero-order valence-corrected chi connectivity index (χ0v) is 8.88. The van der Waals surface area contributed by atoms with Crippen LogP contribution in [0.1, 0.15) is 16.1 Å². The molecular weight excluding hydrogens is 208 g/mol. The molecule has 0 bridgehead atoms. The first-order valence-corrected chi connectivity index (χ1v) is 4.63. The molecule has 6 nitrogen and oxygen atoms in total. The van der Waals surface area contributed by atoms with E-state index in [9.17, 15) is 4.79 Å². The van der Waals surface area contributed by atoms with Crippen molar-refractivity contribution in [3.63, 3.8) is 0 Å². The second-order valence-electron chi connectivity index (χ2n) is 3.39. The fourth-order valence-corrected chi connectivity index (χ4v) is 1.37. The third kappa shape index (κ3) is 1.65. The molecule has 2 rings (SSSR count). The van der Waals surface area contributed by atoms with Crippen LogP contribution in [0, 0.1) is 6.92 Å². The summed E-state index contributed by atoms with van der Waals surface area (Å²) in [7, 11) is 1.83. The van der Waals surface area contributed by atoms with Crippen LogP contribution in [0.3, 0.4) is 0 Å². The molecule has 0 atom stereocenters. The van der Waals surface area contributed by atoms with Crippen molar-refractivity contribution in [1.82, 2.24) is 19.5 Å². The average Bonchev–Trinajstić information content (AvgIpc) is 2.63. The summed E-state index contributed by atoms with van der Waals surface area (Å²) < 4.78 is 1.77. The molecule has 0 aliphatic heterocycles. The van der Waals surface area contributed by atoms with Gasteiger partial charge in [0.05, 0.1) is 23.8 Å². The normalized spacial score (nSPS) is 10.4. The van der Waals surface area contributed by atoms with E-state index < -0.39 is 5.97 Å². The molecule has 2 aromatic heterocycles. The number of hydrogen-bond acceptors (Lipinski definition) is 4. The Morgan fingerprint density at radius 2 is 2.19 bits per heavy atom. The van der Waals surface area contributed by atoms with Crippen LogP contribution in [0.4, 0.5) is 0 Å². The summed E-state index contributed by atoms with van der Waals surface area (Å²) in [6.07, 6.45) is 4.58. The van der Waals surface area contributed by atoms with Crippen LogP contribution >= 0.6 is 0 Å². The second kappa shape index (κ2) is 3.73. The van der Waals surface area contributed by atoms with E-state index in [1.54, 1.807) is 24.0 Å². The average molecular weight is 218 g/mol. The molecule has 0 saturated heterocycles. The van der Waals surface area contributed by atoms with Crippen LogP contribution in [0.25, 0.3) is 11.5 Å². The number of nitrogens with zero attached hydrogens (tertiary/aromatic N) is 4. The van der Waals surface area contributed by atoms with Gasteiger partial charge in [0.15, 0.2) is 5.82 Å². The molecule has 2 heterocycles. The largest absolute Gasteiger partial charge is 0.478 e. The van der Waals surface area contributed by atoms with Gasteiger partial charge in [-0.25, -0.2) is 19.7 Å². The smallest absolute Gasteiger partial charge is 0.339 e. The van der Waals surface area contributed by atoms with E-state index in [0.717, 1.165) is 5.69 Å². The predicted octanol–water partition coefficient (Wildman–Crippen LogP) is 0.884. The monoisotopic (exact) mass is 218 g/mol. The maximum absolute atomic E-state index is 10.8. The highest BCUT2D eigenvalue weighted by molar-refractivity contribution is 5.88. The molecule has 0 fully saturated rings. The number of hydrogen-bond donors (Lipinski definition) is 1. The van der Waals surface area contributed by atoms with Gasteiger partial charge in [-0.05, 0) is 6.92 Å². The molecule has 16 heavy (non-hydrogen) atoms. The SMILES string of the molecule is Cc1nc(-c2cncn2C)ncc1C(=O)O. The van der Waals surface area contributed by atoms with Gasteiger partial charge >= 0.3 is 5.97 Å². The maximum Gasteiger partial charge on any atom is 0.339 e. The number of carboxylic acids is 1. The van der Waals surface area contributed by atoms with Gasteiger partial charge in [-0.2, -0.15) is 0 Å². The number of aryl methyl sites for hydroxylation is 2. The van der Waals surface area contributed by atoms with Crippen LogP contribution in [0.15, 0.2) is 18.7 Å². The Balaban J connectivity index is 2.50. The van der Waals surface area contributed by atoms with Crippen LogP contribution in [-0.4, -0.2) is 30.6 Å². The van der Waals surface area contributed by atoms with Crippen molar-refractivity contribution in [3.05, 3.63) is 30.0 Å². The van der Waals surface area contributed by atoms with Gasteiger partial charge in [0, 0.05) is 13.2 Å². The van der Waals surface area contributed by atoms with Crippen molar-refractivity contribution in [2.75, 3.05) is 0 Å². The standard InChI is InChI=1S/C10H10N4O2/c1-6-7(10(15)16)3-12-9(13-6)8-4-11-5-14(8)2/h3-5H,1-2H3,(H,15,16). The Kier molecular flexibility index (Phi) is 2.40. The third-order valence-electron chi connectivity index (χ3n) is 2.26. The maximum atomic E-state index is 10.8. The number of aromatic nitrogens is 4. The molecule has 0 aliphatic carbocycles. The Hall–Kier alpha value is -2.24. The van der Waals surface area contributed by atoms with Gasteiger partial charge in [-0.15, -0.1) is 0 Å². The molecule has 0 aliphatic rings. The van der Waals surface area contributed by atoms with E-state index in [1.807, 2.05) is 7.05 Å². The van der Waals surface area contributed by atoms with Gasteiger partial charge in [-0.3, -0.25) is 0 Å². The van der Waals surface area contributed by atoms with Gasteiger partial charge in [0.25, 0.3) is 0 Å². The molecular formula is C10H10N4O2. The van der Waals surface area contributed by atoms with Gasteiger partial charge < -0.3 is 9.67 Å². The quantitative estimate of drug-likeness (QED) is 0.809. The van der Waals surface area contributed by atoms with E-state index >= 15 is 0 Å². The van der Waals surface area contributed by atoms with Crippen LogP contribution in [-0.2, 0) is 7.05 Å².